The monoisotopic (exact) mass is 306 g/mol. The second kappa shape index (κ2) is 5.83. The van der Waals surface area contributed by atoms with Gasteiger partial charge >= 0.3 is 0 Å². The van der Waals surface area contributed by atoms with E-state index in [4.69, 9.17) is 21.8 Å². The number of rotatable bonds is 4. The van der Waals surface area contributed by atoms with Crippen LogP contribution >= 0.6 is 11.6 Å². The normalized spacial score (nSPS) is 21.6. The molecule has 1 saturated heterocycles. The molecule has 7 heteroatoms. The van der Waals surface area contributed by atoms with Gasteiger partial charge in [-0.05, 0) is 43.1 Å². The molecule has 3 N–H and O–H groups in total. The van der Waals surface area contributed by atoms with E-state index in [2.05, 4.69) is 15.5 Å². The SMILES string of the molecule is NC(=O)C[C@H]1CN[C@@H](c2nnc(-c3ccc(Cl)cc3)o2)C1. The molecule has 1 amide bonds. The Balaban J connectivity index is 1.71. The van der Waals surface area contributed by atoms with E-state index in [1.165, 1.54) is 0 Å². The average Bonchev–Trinajstić information content (AvgIpc) is 3.07. The largest absolute Gasteiger partial charge is 0.419 e. The predicted molar refractivity (Wildman–Crippen MR) is 77.4 cm³/mol. The van der Waals surface area contributed by atoms with Crippen molar-refractivity contribution in [1.82, 2.24) is 15.5 Å². The van der Waals surface area contributed by atoms with E-state index in [-0.39, 0.29) is 17.9 Å². The van der Waals surface area contributed by atoms with Crippen molar-refractivity contribution in [2.45, 2.75) is 18.9 Å². The Labute approximate surface area is 126 Å². The van der Waals surface area contributed by atoms with Crippen LogP contribution in [0.1, 0.15) is 24.8 Å². The van der Waals surface area contributed by atoms with E-state index >= 15 is 0 Å². The van der Waals surface area contributed by atoms with Crippen molar-refractivity contribution in [3.05, 3.63) is 35.2 Å². The maximum atomic E-state index is 10.9. The molecule has 1 aromatic carbocycles. The summed E-state index contributed by atoms with van der Waals surface area (Å²) >= 11 is 5.85. The number of aromatic nitrogens is 2. The van der Waals surface area contributed by atoms with Crippen molar-refractivity contribution < 1.29 is 9.21 Å². The fourth-order valence-corrected chi connectivity index (χ4v) is 2.65. The second-order valence-electron chi connectivity index (χ2n) is 5.19. The zero-order valence-electron chi connectivity index (χ0n) is 11.3. The van der Waals surface area contributed by atoms with Crippen molar-refractivity contribution >= 4 is 17.5 Å². The number of nitrogens with one attached hydrogen (secondary N) is 1. The van der Waals surface area contributed by atoms with E-state index in [0.29, 0.717) is 23.2 Å². The molecule has 110 valence electrons. The molecule has 0 radical (unpaired) electrons. The number of nitrogens with two attached hydrogens (primary N) is 1. The quantitative estimate of drug-likeness (QED) is 0.900. The molecule has 0 unspecified atom stereocenters. The lowest BCUT2D eigenvalue weighted by Crippen LogP contribution is -2.18. The summed E-state index contributed by atoms with van der Waals surface area (Å²) in [5, 5.41) is 12.1. The molecule has 1 aliphatic rings. The Morgan fingerprint density at radius 1 is 1.38 bits per heavy atom. The minimum atomic E-state index is -0.283. The minimum absolute atomic E-state index is 0.0251. The van der Waals surface area contributed by atoms with E-state index in [1.54, 1.807) is 12.1 Å². The van der Waals surface area contributed by atoms with Gasteiger partial charge in [-0.1, -0.05) is 11.6 Å². The first kappa shape index (κ1) is 14.0. The molecule has 0 saturated carbocycles. The van der Waals surface area contributed by atoms with Crippen LogP contribution in [0, 0.1) is 5.92 Å². The van der Waals surface area contributed by atoms with Gasteiger partial charge in [-0.15, -0.1) is 10.2 Å². The summed E-state index contributed by atoms with van der Waals surface area (Å²) in [6, 6.07) is 7.19. The Bertz CT molecular complexity index is 641. The average molecular weight is 307 g/mol. The molecular formula is C14H15ClN4O2. The Morgan fingerprint density at radius 2 is 2.14 bits per heavy atom. The highest BCUT2D eigenvalue weighted by Crippen LogP contribution is 2.30. The van der Waals surface area contributed by atoms with Crippen molar-refractivity contribution in [1.29, 1.82) is 0 Å². The number of nitrogens with zero attached hydrogens (tertiary/aromatic N) is 2. The summed E-state index contributed by atoms with van der Waals surface area (Å²) < 4.78 is 5.70. The van der Waals surface area contributed by atoms with Gasteiger partial charge in [0.15, 0.2) is 0 Å². The van der Waals surface area contributed by atoms with Gasteiger partial charge in [-0.3, -0.25) is 4.79 Å². The zero-order valence-corrected chi connectivity index (χ0v) is 12.0. The van der Waals surface area contributed by atoms with Crippen molar-refractivity contribution in [2.75, 3.05) is 6.54 Å². The van der Waals surface area contributed by atoms with Gasteiger partial charge < -0.3 is 15.5 Å². The van der Waals surface area contributed by atoms with Crippen LogP contribution in [0.2, 0.25) is 5.02 Å². The third-order valence-electron chi connectivity index (χ3n) is 3.54. The molecular weight excluding hydrogens is 292 g/mol. The summed E-state index contributed by atoms with van der Waals surface area (Å²) in [6.45, 7) is 0.728. The smallest absolute Gasteiger partial charge is 0.247 e. The fraction of sp³-hybridized carbons (Fsp3) is 0.357. The Hall–Kier alpha value is -1.92. The molecule has 21 heavy (non-hydrogen) atoms. The first-order valence-electron chi connectivity index (χ1n) is 6.73. The zero-order chi connectivity index (χ0) is 14.8. The van der Waals surface area contributed by atoms with Crippen LogP contribution in [0.3, 0.4) is 0 Å². The highest BCUT2D eigenvalue weighted by Gasteiger charge is 2.30. The highest BCUT2D eigenvalue weighted by atomic mass is 35.5. The number of hydrogen-bond donors (Lipinski definition) is 2. The molecule has 6 nitrogen and oxygen atoms in total. The van der Waals surface area contributed by atoms with E-state index in [9.17, 15) is 4.79 Å². The highest BCUT2D eigenvalue weighted by molar-refractivity contribution is 6.30. The summed E-state index contributed by atoms with van der Waals surface area (Å²) in [6.07, 6.45) is 1.15. The maximum Gasteiger partial charge on any atom is 0.247 e. The standard InChI is InChI=1S/C14H15ClN4O2/c15-10-3-1-9(2-4-10)13-18-19-14(21-13)11-5-8(7-17-11)6-12(16)20/h1-4,8,11,17H,5-7H2,(H2,16,20)/t8-,11+/m0/s1. The summed E-state index contributed by atoms with van der Waals surface area (Å²) in [7, 11) is 0. The van der Waals surface area contributed by atoms with Gasteiger partial charge in [0.05, 0.1) is 6.04 Å². The van der Waals surface area contributed by atoms with Crippen LogP contribution in [0.15, 0.2) is 28.7 Å². The molecule has 0 aliphatic carbocycles. The number of primary amides is 1. The molecule has 1 fully saturated rings. The van der Waals surface area contributed by atoms with Gasteiger partial charge in [-0.2, -0.15) is 0 Å². The first-order valence-corrected chi connectivity index (χ1v) is 7.10. The van der Waals surface area contributed by atoms with E-state index < -0.39 is 0 Å². The van der Waals surface area contributed by atoms with Gasteiger partial charge in [0.2, 0.25) is 17.7 Å². The third-order valence-corrected chi connectivity index (χ3v) is 3.79. The number of benzene rings is 1. The molecule has 2 heterocycles. The van der Waals surface area contributed by atoms with Gasteiger partial charge in [0, 0.05) is 17.0 Å². The fourth-order valence-electron chi connectivity index (χ4n) is 2.52. The van der Waals surface area contributed by atoms with Crippen LogP contribution in [-0.4, -0.2) is 22.6 Å². The van der Waals surface area contributed by atoms with Crippen molar-refractivity contribution in [3.8, 4) is 11.5 Å². The Morgan fingerprint density at radius 3 is 2.86 bits per heavy atom. The molecule has 0 spiro atoms. The minimum Gasteiger partial charge on any atom is -0.419 e. The van der Waals surface area contributed by atoms with Crippen molar-refractivity contribution in [3.63, 3.8) is 0 Å². The van der Waals surface area contributed by atoms with E-state index in [1.807, 2.05) is 12.1 Å². The number of hydrogen-bond acceptors (Lipinski definition) is 5. The lowest BCUT2D eigenvalue weighted by molar-refractivity contribution is -0.118. The van der Waals surface area contributed by atoms with Crippen LogP contribution < -0.4 is 11.1 Å². The van der Waals surface area contributed by atoms with Crippen molar-refractivity contribution in [2.24, 2.45) is 11.7 Å². The number of carbonyl (C=O) groups excluding carboxylic acids is 1. The van der Waals surface area contributed by atoms with Gasteiger partial charge in [0.25, 0.3) is 0 Å². The molecule has 1 aromatic heterocycles. The Kier molecular flexibility index (Phi) is 3.90. The lowest BCUT2D eigenvalue weighted by atomic mass is 10.0. The molecule has 2 aromatic rings. The first-order chi connectivity index (χ1) is 10.1. The topological polar surface area (TPSA) is 94.0 Å². The van der Waals surface area contributed by atoms with Crippen LogP contribution in [0.4, 0.5) is 0 Å². The molecule has 0 bridgehead atoms. The lowest BCUT2D eigenvalue weighted by Gasteiger charge is -2.04. The molecule has 3 rings (SSSR count). The summed E-state index contributed by atoms with van der Waals surface area (Å²) in [5.74, 6) is 0.932. The predicted octanol–water partition coefficient (Wildman–Crippen LogP) is 1.92. The number of carbonyl (C=O) groups is 1. The second-order valence-corrected chi connectivity index (χ2v) is 5.62. The summed E-state index contributed by atoms with van der Waals surface area (Å²) in [5.41, 5.74) is 6.04. The number of halogens is 1. The third kappa shape index (κ3) is 3.22. The van der Waals surface area contributed by atoms with E-state index in [0.717, 1.165) is 18.5 Å². The van der Waals surface area contributed by atoms with Gasteiger partial charge in [0.1, 0.15) is 0 Å². The molecule has 2 atom stereocenters. The van der Waals surface area contributed by atoms with Crippen LogP contribution in [-0.2, 0) is 4.79 Å². The molecule has 1 aliphatic heterocycles. The maximum absolute atomic E-state index is 10.9. The van der Waals surface area contributed by atoms with Crippen LogP contribution in [0.25, 0.3) is 11.5 Å². The summed E-state index contributed by atoms with van der Waals surface area (Å²) in [4.78, 5) is 10.9. The van der Waals surface area contributed by atoms with Crippen LogP contribution in [0.5, 0.6) is 0 Å². The number of amides is 1. The van der Waals surface area contributed by atoms with Gasteiger partial charge in [-0.25, -0.2) is 0 Å².